The first-order valence-corrected chi connectivity index (χ1v) is 12.6. The van der Waals surface area contributed by atoms with Crippen LogP contribution in [-0.2, 0) is 17.9 Å². The van der Waals surface area contributed by atoms with Gasteiger partial charge in [-0.1, -0.05) is 12.1 Å². The van der Waals surface area contributed by atoms with Gasteiger partial charge in [0.25, 0.3) is 5.91 Å². The van der Waals surface area contributed by atoms with Gasteiger partial charge in [0.05, 0.1) is 13.2 Å². The van der Waals surface area contributed by atoms with Crippen LogP contribution in [0.25, 0.3) is 11.5 Å². The third kappa shape index (κ3) is 7.52. The Bertz CT molecular complexity index is 1240. The Morgan fingerprint density at radius 1 is 1.13 bits per heavy atom. The van der Waals surface area contributed by atoms with Crippen LogP contribution < -0.4 is 15.4 Å². The topological polar surface area (TPSA) is 177 Å². The molecule has 202 valence electrons. The third-order valence-corrected chi connectivity index (χ3v) is 6.24. The van der Waals surface area contributed by atoms with E-state index in [2.05, 4.69) is 36.0 Å². The van der Waals surface area contributed by atoms with Gasteiger partial charge in [-0.25, -0.2) is 9.97 Å². The molecule has 4 rings (SSSR count). The maximum atomic E-state index is 12.8. The molecule has 0 spiro atoms. The van der Waals surface area contributed by atoms with Crippen molar-refractivity contribution in [2.24, 2.45) is 5.92 Å². The molecular weight excluding hydrogens is 492 g/mol. The zero-order valence-corrected chi connectivity index (χ0v) is 21.2. The summed E-state index contributed by atoms with van der Waals surface area (Å²) in [5.41, 5.74) is 1.44. The summed E-state index contributed by atoms with van der Waals surface area (Å²) in [5.74, 6) is 0.967. The maximum Gasteiger partial charge on any atom is 0.270 e. The average Bonchev–Trinajstić information content (AvgIpc) is 3.40. The van der Waals surface area contributed by atoms with E-state index in [9.17, 15) is 9.59 Å². The molecule has 13 nitrogen and oxygen atoms in total. The Balaban J connectivity index is 1.34. The lowest BCUT2D eigenvalue weighted by Gasteiger charge is -2.28. The number of nitrogens with one attached hydrogen (secondary N) is 2. The maximum absolute atomic E-state index is 12.8. The molecule has 13 heteroatoms. The average molecular weight is 525 g/mol. The highest BCUT2D eigenvalue weighted by molar-refractivity contribution is 5.93. The summed E-state index contributed by atoms with van der Waals surface area (Å²) < 4.78 is 5.41. The van der Waals surface area contributed by atoms with E-state index in [1.807, 2.05) is 12.1 Å². The minimum Gasteiger partial charge on any atom is -0.491 e. The molecule has 1 saturated carbocycles. The van der Waals surface area contributed by atoms with Gasteiger partial charge >= 0.3 is 0 Å². The lowest BCUT2D eigenvalue weighted by Crippen LogP contribution is -2.39. The van der Waals surface area contributed by atoms with Crippen molar-refractivity contribution >= 4 is 11.8 Å². The van der Waals surface area contributed by atoms with Crippen molar-refractivity contribution in [3.05, 3.63) is 47.4 Å². The quantitative estimate of drug-likeness (QED) is 0.275. The predicted octanol–water partition coefficient (Wildman–Crippen LogP) is 0.407. The number of hydrogen-bond donors (Lipinski definition) is 4. The van der Waals surface area contributed by atoms with Gasteiger partial charge in [-0.15, -0.1) is 10.2 Å². The lowest BCUT2D eigenvalue weighted by molar-refractivity contribution is -0.124. The number of carbonyl (C=O) groups is 2. The van der Waals surface area contributed by atoms with Gasteiger partial charge in [0.15, 0.2) is 0 Å². The summed E-state index contributed by atoms with van der Waals surface area (Å²) in [6, 6.07) is 8.89. The van der Waals surface area contributed by atoms with Crippen molar-refractivity contribution in [1.82, 2.24) is 40.8 Å². The molecule has 0 unspecified atom stereocenters. The molecule has 0 bridgehead atoms. The van der Waals surface area contributed by atoms with Gasteiger partial charge in [-0.3, -0.25) is 9.59 Å². The van der Waals surface area contributed by atoms with Gasteiger partial charge in [0.2, 0.25) is 11.7 Å². The summed E-state index contributed by atoms with van der Waals surface area (Å²) in [6.45, 7) is 2.18. The summed E-state index contributed by atoms with van der Waals surface area (Å²) in [7, 11) is 0. The van der Waals surface area contributed by atoms with E-state index in [0.717, 1.165) is 31.2 Å². The van der Waals surface area contributed by atoms with E-state index in [4.69, 9.17) is 14.9 Å². The van der Waals surface area contributed by atoms with Crippen LogP contribution in [0, 0.1) is 12.8 Å². The van der Waals surface area contributed by atoms with Crippen LogP contribution in [-0.4, -0.2) is 78.1 Å². The fourth-order valence-corrected chi connectivity index (χ4v) is 4.40. The van der Waals surface area contributed by atoms with Crippen molar-refractivity contribution in [2.45, 2.75) is 51.7 Å². The van der Waals surface area contributed by atoms with Crippen molar-refractivity contribution in [3.8, 4) is 17.3 Å². The highest BCUT2D eigenvalue weighted by Crippen LogP contribution is 2.25. The second-order valence-corrected chi connectivity index (χ2v) is 9.20. The molecule has 1 fully saturated rings. The zero-order valence-electron chi connectivity index (χ0n) is 21.2. The number of amides is 2. The first-order chi connectivity index (χ1) is 18.4. The SMILES string of the molecule is Cc1nc(C(=O)NCc2cccc(OCCO)c2)cc(-c2nnn(C[C@H]3CC[C@H](NC(=O)CO)CC3)n2)n1. The molecule has 4 N–H and O–H groups in total. The summed E-state index contributed by atoms with van der Waals surface area (Å²) in [5, 5.41) is 36.2. The molecule has 2 amide bonds. The van der Waals surface area contributed by atoms with Crippen molar-refractivity contribution < 1.29 is 24.5 Å². The Kier molecular flexibility index (Phi) is 9.27. The Labute approximate surface area is 219 Å². The molecule has 0 aliphatic heterocycles. The second-order valence-electron chi connectivity index (χ2n) is 9.20. The first kappa shape index (κ1) is 27.1. The van der Waals surface area contributed by atoms with E-state index in [1.54, 1.807) is 25.1 Å². The number of hydrogen-bond acceptors (Lipinski definition) is 10. The predicted molar refractivity (Wildman–Crippen MR) is 135 cm³/mol. The normalized spacial score (nSPS) is 17.1. The molecule has 1 aliphatic carbocycles. The van der Waals surface area contributed by atoms with E-state index < -0.39 is 6.61 Å². The summed E-state index contributed by atoms with van der Waals surface area (Å²) >= 11 is 0. The van der Waals surface area contributed by atoms with Crippen LogP contribution in [0.1, 0.15) is 47.6 Å². The molecule has 0 atom stereocenters. The number of rotatable bonds is 11. The fourth-order valence-electron chi connectivity index (χ4n) is 4.40. The molecule has 0 saturated heterocycles. The van der Waals surface area contributed by atoms with Gasteiger partial charge in [0.1, 0.15) is 36.2 Å². The monoisotopic (exact) mass is 524 g/mol. The number of aryl methyl sites for hydroxylation is 1. The minimum absolute atomic E-state index is 0.0764. The Morgan fingerprint density at radius 3 is 2.71 bits per heavy atom. The number of benzene rings is 1. The second kappa shape index (κ2) is 13.0. The van der Waals surface area contributed by atoms with Crippen molar-refractivity contribution in [3.63, 3.8) is 0 Å². The van der Waals surface area contributed by atoms with Crippen molar-refractivity contribution in [1.29, 1.82) is 0 Å². The smallest absolute Gasteiger partial charge is 0.270 e. The minimum atomic E-state index is -0.493. The summed E-state index contributed by atoms with van der Waals surface area (Å²) in [6.07, 6.45) is 3.48. The molecule has 0 radical (unpaired) electrons. The van der Waals surface area contributed by atoms with Gasteiger partial charge < -0.3 is 25.6 Å². The van der Waals surface area contributed by atoms with Crippen LogP contribution in [0.4, 0.5) is 0 Å². The molecule has 1 aromatic carbocycles. The number of nitrogens with zero attached hydrogens (tertiary/aromatic N) is 6. The van der Waals surface area contributed by atoms with E-state index in [-0.39, 0.29) is 43.3 Å². The number of aliphatic hydroxyl groups is 2. The Morgan fingerprint density at radius 2 is 1.95 bits per heavy atom. The summed E-state index contributed by atoms with van der Waals surface area (Å²) in [4.78, 5) is 34.4. The Hall–Kier alpha value is -3.97. The van der Waals surface area contributed by atoms with Gasteiger partial charge in [-0.2, -0.15) is 4.80 Å². The highest BCUT2D eigenvalue weighted by atomic mass is 16.5. The first-order valence-electron chi connectivity index (χ1n) is 12.6. The number of ether oxygens (including phenoxy) is 1. The number of carbonyl (C=O) groups excluding carboxylic acids is 2. The van der Waals surface area contributed by atoms with Crippen LogP contribution >= 0.6 is 0 Å². The molecule has 38 heavy (non-hydrogen) atoms. The van der Waals surface area contributed by atoms with Crippen LogP contribution in [0.15, 0.2) is 30.3 Å². The molecule has 1 aliphatic rings. The standard InChI is InChI=1S/C25H32N8O5/c1-16-27-21(12-22(28-16)25(37)26-13-18-3-2-4-20(11-18)38-10-9-34)24-30-32-33(31-24)14-17-5-7-19(8-6-17)29-23(36)15-35/h2-4,11-12,17,19,34-35H,5-10,13-15H2,1H3,(H,26,37)(H,29,36)/t17-,19-. The molecule has 2 aromatic heterocycles. The van der Waals surface area contributed by atoms with Crippen molar-refractivity contribution in [2.75, 3.05) is 19.8 Å². The largest absolute Gasteiger partial charge is 0.491 e. The number of aliphatic hydroxyl groups excluding tert-OH is 2. The lowest BCUT2D eigenvalue weighted by atomic mass is 9.86. The van der Waals surface area contributed by atoms with E-state index >= 15 is 0 Å². The van der Waals surface area contributed by atoms with Gasteiger partial charge in [-0.05, 0) is 67.5 Å². The zero-order chi connectivity index (χ0) is 26.9. The highest BCUT2D eigenvalue weighted by Gasteiger charge is 2.23. The van der Waals surface area contributed by atoms with E-state index in [1.165, 1.54) is 4.80 Å². The number of aromatic nitrogens is 6. The molecule has 2 heterocycles. The number of tetrazole rings is 1. The van der Waals surface area contributed by atoms with Crippen LogP contribution in [0.2, 0.25) is 0 Å². The molecule has 3 aromatic rings. The van der Waals surface area contributed by atoms with E-state index in [0.29, 0.717) is 35.6 Å². The van der Waals surface area contributed by atoms with Gasteiger partial charge in [0, 0.05) is 12.6 Å². The molecular formula is C25H32N8O5. The fraction of sp³-hybridized carbons (Fsp3) is 0.480. The third-order valence-electron chi connectivity index (χ3n) is 6.24. The van der Waals surface area contributed by atoms with Crippen LogP contribution in [0.5, 0.6) is 5.75 Å². The van der Waals surface area contributed by atoms with Crippen LogP contribution in [0.3, 0.4) is 0 Å².